The molecule has 4 aliphatic rings. The molecule has 2 aromatic carbocycles. The van der Waals surface area contributed by atoms with Gasteiger partial charge in [-0.25, -0.2) is 0 Å². The maximum atomic E-state index is 12.6. The normalized spacial score (nSPS) is 25.9. The molecule has 258 valence electrons. The average Bonchev–Trinajstić information content (AvgIpc) is 3.28. The highest BCUT2D eigenvalue weighted by Gasteiger charge is 2.39. The van der Waals surface area contributed by atoms with E-state index in [1.165, 1.54) is 25.1 Å². The Kier molecular flexibility index (Phi) is 10.1. The summed E-state index contributed by atoms with van der Waals surface area (Å²) in [5, 5.41) is 8.76. The minimum Gasteiger partial charge on any atom is -0.489 e. The van der Waals surface area contributed by atoms with Crippen molar-refractivity contribution in [1.29, 1.82) is 5.41 Å². The summed E-state index contributed by atoms with van der Waals surface area (Å²) in [6.07, 6.45) is 7.18. The molecule has 5 atom stereocenters. The SMILES string of the molecule is C=CC(=O)N1C[C@H](C)N(C(=NC)c2cc(Cl)c(-c3c(C)ccc(N)c3C=N)c3c2N(C)[C@@H](CCCN2C4CCC2COC4)CO3)C[C@H]1C. The number of benzene rings is 2. The minimum atomic E-state index is -0.0608. The number of nitrogens with one attached hydrogen (secondary N) is 1. The highest BCUT2D eigenvalue weighted by Crippen LogP contribution is 2.50. The molecule has 2 aromatic rings. The molecule has 4 heterocycles. The van der Waals surface area contributed by atoms with E-state index >= 15 is 0 Å². The second kappa shape index (κ2) is 14.1. The molecular weight excluding hydrogens is 626 g/mol. The van der Waals surface area contributed by atoms with Crippen LogP contribution in [0.3, 0.4) is 0 Å². The van der Waals surface area contributed by atoms with Gasteiger partial charge in [0.2, 0.25) is 5.91 Å². The molecule has 0 saturated carbocycles. The van der Waals surface area contributed by atoms with Gasteiger partial charge in [0.05, 0.1) is 30.0 Å². The molecule has 0 spiro atoms. The number of fused-ring (bicyclic) bond motifs is 3. The number of nitrogens with two attached hydrogens (primary N) is 1. The third-order valence-electron chi connectivity index (χ3n) is 10.9. The number of halogens is 1. The summed E-state index contributed by atoms with van der Waals surface area (Å²) in [4.78, 5) is 26.7. The maximum absolute atomic E-state index is 12.6. The van der Waals surface area contributed by atoms with Crippen molar-refractivity contribution in [2.75, 3.05) is 64.2 Å². The number of nitrogens with zero attached hydrogens (tertiary/aromatic N) is 5. The van der Waals surface area contributed by atoms with E-state index in [2.05, 4.69) is 42.2 Å². The zero-order chi connectivity index (χ0) is 34.3. The molecule has 48 heavy (non-hydrogen) atoms. The number of ether oxygens (including phenoxy) is 2. The van der Waals surface area contributed by atoms with E-state index in [4.69, 9.17) is 37.2 Å². The zero-order valence-corrected chi connectivity index (χ0v) is 29.7. The number of hydrogen-bond acceptors (Lipinski definition) is 8. The molecule has 3 saturated heterocycles. The molecule has 10 nitrogen and oxygen atoms in total. The van der Waals surface area contributed by atoms with Gasteiger partial charge in [0.15, 0.2) is 5.75 Å². The van der Waals surface area contributed by atoms with Crippen LogP contribution in [0.4, 0.5) is 11.4 Å². The van der Waals surface area contributed by atoms with Crippen molar-refractivity contribution in [3.05, 3.63) is 52.6 Å². The number of rotatable bonds is 8. The smallest absolute Gasteiger partial charge is 0.246 e. The van der Waals surface area contributed by atoms with E-state index in [-0.39, 0.29) is 24.0 Å². The van der Waals surface area contributed by atoms with Crippen molar-refractivity contribution >= 4 is 40.9 Å². The van der Waals surface area contributed by atoms with Crippen LogP contribution in [0.15, 0.2) is 35.8 Å². The van der Waals surface area contributed by atoms with E-state index in [1.54, 1.807) is 0 Å². The van der Waals surface area contributed by atoms with Crippen LogP contribution < -0.4 is 15.4 Å². The van der Waals surface area contributed by atoms with Gasteiger partial charge in [0.25, 0.3) is 0 Å². The Balaban J connectivity index is 1.40. The number of piperazine rings is 1. The monoisotopic (exact) mass is 675 g/mol. The predicted octanol–water partition coefficient (Wildman–Crippen LogP) is 5.22. The summed E-state index contributed by atoms with van der Waals surface area (Å²) in [6.45, 7) is 14.3. The highest BCUT2D eigenvalue weighted by atomic mass is 35.5. The number of carbonyl (C=O) groups is 1. The first-order chi connectivity index (χ1) is 23.1. The van der Waals surface area contributed by atoms with Crippen LogP contribution >= 0.6 is 11.6 Å². The molecule has 3 fully saturated rings. The number of likely N-dealkylation sites (N-methyl/N-ethyl adjacent to an activating group) is 1. The van der Waals surface area contributed by atoms with E-state index in [0.29, 0.717) is 53.8 Å². The Hall–Kier alpha value is -3.60. The molecule has 0 radical (unpaired) electrons. The number of morpholine rings is 1. The second-order valence-corrected chi connectivity index (χ2v) is 14.2. The molecule has 3 N–H and O–H groups in total. The number of amides is 1. The van der Waals surface area contributed by atoms with E-state index in [9.17, 15) is 4.79 Å². The summed E-state index contributed by atoms with van der Waals surface area (Å²) in [5.41, 5.74) is 11.9. The third-order valence-corrected chi connectivity index (χ3v) is 11.2. The van der Waals surface area contributed by atoms with E-state index < -0.39 is 0 Å². The lowest BCUT2D eigenvalue weighted by Crippen LogP contribution is -2.59. The number of amidine groups is 1. The maximum Gasteiger partial charge on any atom is 0.246 e. The molecule has 0 aliphatic carbocycles. The van der Waals surface area contributed by atoms with Crippen LogP contribution in [-0.2, 0) is 9.53 Å². The molecule has 1 amide bonds. The van der Waals surface area contributed by atoms with Crippen LogP contribution in [0.5, 0.6) is 5.75 Å². The topological polar surface area (TPSA) is 111 Å². The molecule has 4 aliphatic heterocycles. The van der Waals surface area contributed by atoms with Crippen molar-refractivity contribution in [1.82, 2.24) is 14.7 Å². The van der Waals surface area contributed by atoms with Gasteiger partial charge in [-0.15, -0.1) is 0 Å². The summed E-state index contributed by atoms with van der Waals surface area (Å²) >= 11 is 7.26. The Labute approximate surface area is 290 Å². The second-order valence-electron chi connectivity index (χ2n) is 13.8. The van der Waals surface area contributed by atoms with Gasteiger partial charge in [-0.2, -0.15) is 0 Å². The Morgan fingerprint density at radius 1 is 1.12 bits per heavy atom. The molecule has 6 rings (SSSR count). The van der Waals surface area contributed by atoms with Crippen LogP contribution in [-0.4, -0.2) is 116 Å². The molecular formula is C37H50ClN7O3. The molecule has 0 aromatic heterocycles. The Morgan fingerprint density at radius 3 is 2.48 bits per heavy atom. The fourth-order valence-corrected chi connectivity index (χ4v) is 8.62. The fraction of sp³-hybridized carbons (Fsp3) is 0.541. The van der Waals surface area contributed by atoms with Crippen molar-refractivity contribution in [2.24, 2.45) is 4.99 Å². The number of hydrogen-bond donors (Lipinski definition) is 2. The van der Waals surface area contributed by atoms with Crippen molar-refractivity contribution in [2.45, 2.75) is 76.7 Å². The highest BCUT2D eigenvalue weighted by molar-refractivity contribution is 6.35. The first kappa shape index (κ1) is 34.3. The number of nitrogen functional groups attached to an aromatic ring is 1. The lowest BCUT2D eigenvalue weighted by Gasteiger charge is -2.46. The van der Waals surface area contributed by atoms with Crippen molar-refractivity contribution in [3.63, 3.8) is 0 Å². The molecule has 2 bridgehead atoms. The van der Waals surface area contributed by atoms with Crippen molar-refractivity contribution < 1.29 is 14.3 Å². The number of aliphatic imine (C=N–C) groups is 1. The van der Waals surface area contributed by atoms with Gasteiger partial charge in [-0.05, 0) is 76.8 Å². The molecule has 2 unspecified atom stereocenters. The first-order valence-electron chi connectivity index (χ1n) is 17.2. The number of aryl methyl sites for hydroxylation is 1. The summed E-state index contributed by atoms with van der Waals surface area (Å²) in [6, 6.07) is 7.00. The van der Waals surface area contributed by atoms with Crippen LogP contribution in [0.25, 0.3) is 11.1 Å². The van der Waals surface area contributed by atoms with E-state index in [0.717, 1.165) is 66.4 Å². The van der Waals surface area contributed by atoms with Crippen molar-refractivity contribution in [3.8, 4) is 16.9 Å². The lowest BCUT2D eigenvalue weighted by molar-refractivity contribution is -0.130. The van der Waals surface area contributed by atoms with Gasteiger partial charge in [0, 0.05) is 85.5 Å². The molecule has 11 heteroatoms. The Bertz CT molecular complexity index is 1600. The van der Waals surface area contributed by atoms with Crippen LogP contribution in [0.1, 0.15) is 56.2 Å². The van der Waals surface area contributed by atoms with Gasteiger partial charge in [-0.3, -0.25) is 14.7 Å². The quantitative estimate of drug-likeness (QED) is 0.171. The number of anilines is 2. The predicted molar refractivity (Wildman–Crippen MR) is 195 cm³/mol. The van der Waals surface area contributed by atoms with Crippen LogP contribution in [0.2, 0.25) is 5.02 Å². The van der Waals surface area contributed by atoms with E-state index in [1.807, 2.05) is 37.1 Å². The third kappa shape index (κ3) is 6.07. The average molecular weight is 676 g/mol. The lowest BCUT2D eigenvalue weighted by atomic mass is 9.90. The first-order valence-corrected chi connectivity index (χ1v) is 17.6. The largest absolute Gasteiger partial charge is 0.489 e. The van der Waals surface area contributed by atoms with Crippen LogP contribution in [0, 0.1) is 12.3 Å². The summed E-state index contributed by atoms with van der Waals surface area (Å²) in [5.74, 6) is 1.43. The number of carbonyl (C=O) groups excluding carboxylic acids is 1. The minimum absolute atomic E-state index is 0.00749. The summed E-state index contributed by atoms with van der Waals surface area (Å²) < 4.78 is 12.6. The van der Waals surface area contributed by atoms with Gasteiger partial charge < -0.3 is 35.3 Å². The standard InChI is InChI=1S/C37H50ClN7O3/c1-7-32(46)44-17-24(4)45(18-23(44)3)37(41-5)28-15-30(38)34(33-22(2)10-13-31(40)29(33)16-39)36-35(28)42(6)25(21-48-36)9-8-14-43-26-11-12-27(43)20-47-19-26/h7,10,13,15-16,23-27,39H,1,8-9,11-12,14,17-21,40H2,2-6H3/t23-,24+,25+,26?,27?/m1/s1. The summed E-state index contributed by atoms with van der Waals surface area (Å²) in [7, 11) is 3.96. The van der Waals surface area contributed by atoms with Gasteiger partial charge in [-0.1, -0.05) is 24.2 Å². The zero-order valence-electron chi connectivity index (χ0n) is 29.0. The van der Waals surface area contributed by atoms with Gasteiger partial charge in [0.1, 0.15) is 12.4 Å². The Morgan fingerprint density at radius 2 is 1.81 bits per heavy atom. The van der Waals surface area contributed by atoms with Gasteiger partial charge >= 0.3 is 0 Å². The fourth-order valence-electron chi connectivity index (χ4n) is 8.33.